The van der Waals surface area contributed by atoms with Gasteiger partial charge in [0.25, 0.3) is 5.75 Å². The number of hydrogen-bond donors (Lipinski definition) is 0. The van der Waals surface area contributed by atoms with Crippen molar-refractivity contribution in [2.45, 2.75) is 6.18 Å². The zero-order valence-corrected chi connectivity index (χ0v) is 12.4. The van der Waals surface area contributed by atoms with Gasteiger partial charge in [0.15, 0.2) is 11.5 Å². The molecule has 0 aliphatic heterocycles. The molecule has 0 aromatic heterocycles. The molecule has 2 aromatic rings. The number of hydrogen-bond acceptors (Lipinski definition) is 6. The van der Waals surface area contributed by atoms with E-state index in [9.17, 15) is 33.4 Å². The van der Waals surface area contributed by atoms with Crippen molar-refractivity contribution in [2.24, 2.45) is 0 Å². The molecular weight excluding hydrogens is 349 g/mol. The molecule has 0 atom stereocenters. The Labute approximate surface area is 137 Å². The minimum Gasteiger partial charge on any atom is -0.493 e. The van der Waals surface area contributed by atoms with Gasteiger partial charge in [-0.1, -0.05) is 12.1 Å². The summed E-state index contributed by atoms with van der Waals surface area (Å²) >= 11 is 0. The van der Waals surface area contributed by atoms with Gasteiger partial charge in [0.2, 0.25) is 0 Å². The van der Waals surface area contributed by atoms with Gasteiger partial charge < -0.3 is 9.47 Å². The van der Waals surface area contributed by atoms with Crippen molar-refractivity contribution in [3.8, 4) is 17.2 Å². The molecule has 0 aliphatic rings. The summed E-state index contributed by atoms with van der Waals surface area (Å²) < 4.78 is 48.7. The Morgan fingerprint density at radius 1 is 0.960 bits per heavy atom. The second-order valence-corrected chi connectivity index (χ2v) is 4.61. The van der Waals surface area contributed by atoms with Crippen molar-refractivity contribution < 1.29 is 32.5 Å². The zero-order valence-electron chi connectivity index (χ0n) is 12.4. The molecule has 0 bridgehead atoms. The fourth-order valence-corrected chi connectivity index (χ4v) is 1.95. The first kappa shape index (κ1) is 18.0. The van der Waals surface area contributed by atoms with Crippen LogP contribution < -0.4 is 9.47 Å². The van der Waals surface area contributed by atoms with Crippen LogP contribution in [0.4, 0.5) is 24.5 Å². The molecule has 0 heterocycles. The number of nitro groups is 2. The minimum absolute atomic E-state index is 0.0889. The van der Waals surface area contributed by atoms with Crippen LogP contribution in [0.2, 0.25) is 0 Å². The van der Waals surface area contributed by atoms with Gasteiger partial charge in [0.1, 0.15) is 0 Å². The van der Waals surface area contributed by atoms with Crippen molar-refractivity contribution in [1.29, 1.82) is 0 Å². The zero-order chi connectivity index (χ0) is 18.8. The van der Waals surface area contributed by atoms with Gasteiger partial charge in [-0.2, -0.15) is 13.2 Å². The molecule has 0 saturated carbocycles. The van der Waals surface area contributed by atoms with Crippen LogP contribution >= 0.6 is 0 Å². The number of ether oxygens (including phenoxy) is 2. The van der Waals surface area contributed by atoms with Crippen LogP contribution in [0.3, 0.4) is 0 Å². The predicted molar refractivity (Wildman–Crippen MR) is 77.8 cm³/mol. The molecule has 0 fully saturated rings. The Hall–Kier alpha value is -3.37. The quantitative estimate of drug-likeness (QED) is 0.582. The number of nitrogens with zero attached hydrogens (tertiary/aromatic N) is 2. The van der Waals surface area contributed by atoms with Gasteiger partial charge in [-0.05, 0) is 12.1 Å². The molecule has 132 valence electrons. The summed E-state index contributed by atoms with van der Waals surface area (Å²) in [6.45, 7) is 0. The molecule has 0 unspecified atom stereocenters. The van der Waals surface area contributed by atoms with Crippen molar-refractivity contribution in [3.05, 3.63) is 62.2 Å². The molecular formula is C14H9F3N2O6. The van der Waals surface area contributed by atoms with Crippen LogP contribution in [0.25, 0.3) is 0 Å². The smallest absolute Gasteiger partial charge is 0.416 e. The average molecular weight is 358 g/mol. The third-order valence-corrected chi connectivity index (χ3v) is 3.05. The summed E-state index contributed by atoms with van der Waals surface area (Å²) in [5.41, 5.74) is -3.90. The maximum Gasteiger partial charge on any atom is 0.416 e. The van der Waals surface area contributed by atoms with Gasteiger partial charge in [0, 0.05) is 12.1 Å². The van der Waals surface area contributed by atoms with E-state index in [0.717, 1.165) is 0 Å². The molecule has 11 heteroatoms. The monoisotopic (exact) mass is 358 g/mol. The van der Waals surface area contributed by atoms with Crippen molar-refractivity contribution in [1.82, 2.24) is 0 Å². The lowest BCUT2D eigenvalue weighted by atomic mass is 10.1. The number of benzene rings is 2. The standard InChI is InChI=1S/C14H9F3N2O6/c1-24-11-4-2-3-5-12(11)25-13-9(18(20)21)6-8(14(15,16)17)7-10(13)19(22)23/h2-7H,1H3. The Kier molecular flexibility index (Phi) is 4.77. The molecule has 0 amide bonds. The molecule has 0 radical (unpaired) electrons. The van der Waals surface area contributed by atoms with Crippen LogP contribution in [0, 0.1) is 20.2 Å². The summed E-state index contributed by atoms with van der Waals surface area (Å²) in [7, 11) is 1.26. The van der Waals surface area contributed by atoms with Crippen LogP contribution in [-0.4, -0.2) is 17.0 Å². The minimum atomic E-state index is -5.00. The molecule has 25 heavy (non-hydrogen) atoms. The van der Waals surface area contributed by atoms with Crippen LogP contribution in [-0.2, 0) is 6.18 Å². The van der Waals surface area contributed by atoms with E-state index in [-0.39, 0.29) is 23.6 Å². The Morgan fingerprint density at radius 2 is 1.44 bits per heavy atom. The van der Waals surface area contributed by atoms with Crippen LogP contribution in [0.15, 0.2) is 36.4 Å². The van der Waals surface area contributed by atoms with E-state index in [1.165, 1.54) is 25.3 Å². The normalized spacial score (nSPS) is 11.0. The highest BCUT2D eigenvalue weighted by Gasteiger charge is 2.38. The fraction of sp³-hybridized carbons (Fsp3) is 0.143. The van der Waals surface area contributed by atoms with E-state index < -0.39 is 38.7 Å². The molecule has 0 aliphatic carbocycles. The number of nitro benzene ring substituents is 2. The maximum absolute atomic E-state index is 12.8. The lowest BCUT2D eigenvalue weighted by Gasteiger charge is -2.12. The topological polar surface area (TPSA) is 105 Å². The van der Waals surface area contributed by atoms with E-state index >= 15 is 0 Å². The third kappa shape index (κ3) is 3.76. The summed E-state index contributed by atoms with van der Waals surface area (Å²) in [5.74, 6) is -0.963. The number of alkyl halides is 3. The number of methoxy groups -OCH3 is 1. The second-order valence-electron chi connectivity index (χ2n) is 4.61. The van der Waals surface area contributed by atoms with E-state index in [1.807, 2.05) is 0 Å². The van der Waals surface area contributed by atoms with Gasteiger partial charge in [-0.25, -0.2) is 0 Å². The largest absolute Gasteiger partial charge is 0.493 e. The van der Waals surface area contributed by atoms with E-state index in [0.29, 0.717) is 0 Å². The van der Waals surface area contributed by atoms with Gasteiger partial charge in [-0.15, -0.1) is 0 Å². The molecule has 2 aromatic carbocycles. The van der Waals surface area contributed by atoms with Crippen molar-refractivity contribution in [3.63, 3.8) is 0 Å². The molecule has 0 spiro atoms. The predicted octanol–water partition coefficient (Wildman–Crippen LogP) is 4.32. The van der Waals surface area contributed by atoms with E-state index in [1.54, 1.807) is 6.07 Å². The fourth-order valence-electron chi connectivity index (χ4n) is 1.95. The highest BCUT2D eigenvalue weighted by atomic mass is 19.4. The van der Waals surface area contributed by atoms with Crippen molar-refractivity contribution in [2.75, 3.05) is 7.11 Å². The van der Waals surface area contributed by atoms with Gasteiger partial charge in [-0.3, -0.25) is 20.2 Å². The van der Waals surface area contributed by atoms with Crippen LogP contribution in [0.1, 0.15) is 5.56 Å². The molecule has 8 nitrogen and oxygen atoms in total. The average Bonchev–Trinajstić information content (AvgIpc) is 2.53. The summed E-state index contributed by atoms with van der Waals surface area (Å²) in [4.78, 5) is 19.9. The molecule has 0 saturated heterocycles. The first-order valence-corrected chi connectivity index (χ1v) is 6.50. The lowest BCUT2D eigenvalue weighted by molar-refractivity contribution is -0.396. The molecule has 0 N–H and O–H groups in total. The number of para-hydroxylation sites is 2. The molecule has 2 rings (SSSR count). The van der Waals surface area contributed by atoms with Gasteiger partial charge >= 0.3 is 17.6 Å². The lowest BCUT2D eigenvalue weighted by Crippen LogP contribution is -2.08. The Bertz CT molecular complexity index is 803. The Morgan fingerprint density at radius 3 is 1.84 bits per heavy atom. The summed E-state index contributed by atoms with van der Waals surface area (Å²) in [6.07, 6.45) is -5.00. The second kappa shape index (κ2) is 6.63. The highest BCUT2D eigenvalue weighted by molar-refractivity contribution is 5.64. The highest BCUT2D eigenvalue weighted by Crippen LogP contribution is 2.45. The third-order valence-electron chi connectivity index (χ3n) is 3.05. The summed E-state index contributed by atoms with van der Waals surface area (Å²) in [6, 6.07) is 6.07. The maximum atomic E-state index is 12.8. The SMILES string of the molecule is COc1ccccc1Oc1c([N+](=O)[O-])cc(C(F)(F)F)cc1[N+](=O)[O-]. The number of rotatable bonds is 5. The first-order chi connectivity index (χ1) is 11.6. The first-order valence-electron chi connectivity index (χ1n) is 6.50. The summed E-state index contributed by atoms with van der Waals surface area (Å²) in [5, 5.41) is 22.2. The van der Waals surface area contributed by atoms with E-state index in [2.05, 4.69) is 0 Å². The van der Waals surface area contributed by atoms with Gasteiger partial charge in [0.05, 0.1) is 22.5 Å². The van der Waals surface area contributed by atoms with Crippen LogP contribution in [0.5, 0.6) is 17.2 Å². The van der Waals surface area contributed by atoms with Crippen molar-refractivity contribution >= 4 is 11.4 Å². The number of halogens is 3. The Balaban J connectivity index is 2.70. The van der Waals surface area contributed by atoms with E-state index in [4.69, 9.17) is 9.47 Å².